The average Bonchev–Trinajstić information content (AvgIpc) is 3.09. The molecule has 4 aliphatic carbocycles. The molecular formula is C21H26N4OS. The molecular weight excluding hydrogens is 356 g/mol. The van der Waals surface area contributed by atoms with Crippen LogP contribution in [0.1, 0.15) is 45.4 Å². The smallest absolute Gasteiger partial charge is 0.233 e. The number of hydrogen-bond donors (Lipinski definition) is 1. The lowest BCUT2D eigenvalue weighted by atomic mass is 9.53. The molecule has 1 aromatic heterocycles. The topological polar surface area (TPSA) is 59.8 Å². The van der Waals surface area contributed by atoms with Crippen molar-refractivity contribution in [1.29, 1.82) is 0 Å². The zero-order valence-corrected chi connectivity index (χ0v) is 16.5. The second-order valence-corrected chi connectivity index (χ2v) is 10.1. The van der Waals surface area contributed by atoms with Gasteiger partial charge in [0.15, 0.2) is 5.16 Å². The van der Waals surface area contributed by atoms with Crippen LogP contribution < -0.4 is 5.32 Å². The number of para-hydroxylation sites is 1. The summed E-state index contributed by atoms with van der Waals surface area (Å²) in [5, 5.41) is 12.3. The summed E-state index contributed by atoms with van der Waals surface area (Å²) in [4.78, 5) is 13.0. The second kappa shape index (κ2) is 6.66. The van der Waals surface area contributed by atoms with E-state index in [1.807, 2.05) is 41.8 Å². The quantitative estimate of drug-likeness (QED) is 0.799. The number of aromatic nitrogens is 3. The van der Waals surface area contributed by atoms with Crippen LogP contribution in [0.15, 0.2) is 41.8 Å². The van der Waals surface area contributed by atoms with Crippen molar-refractivity contribution in [2.24, 2.45) is 17.8 Å². The number of carbonyl (C=O) groups is 1. The number of nitrogens with one attached hydrogen (secondary N) is 1. The van der Waals surface area contributed by atoms with Crippen LogP contribution in [0.4, 0.5) is 0 Å². The van der Waals surface area contributed by atoms with Crippen LogP contribution >= 0.6 is 11.8 Å². The van der Waals surface area contributed by atoms with E-state index in [2.05, 4.69) is 15.5 Å². The van der Waals surface area contributed by atoms with Crippen molar-refractivity contribution in [3.63, 3.8) is 0 Å². The van der Waals surface area contributed by atoms with Gasteiger partial charge in [-0.05, 0) is 75.3 Å². The molecule has 5 nitrogen and oxygen atoms in total. The molecule has 4 bridgehead atoms. The van der Waals surface area contributed by atoms with Gasteiger partial charge in [-0.25, -0.2) is 0 Å². The van der Waals surface area contributed by atoms with Gasteiger partial charge in [-0.3, -0.25) is 9.36 Å². The first kappa shape index (κ1) is 17.3. The minimum atomic E-state index is -0.190. The van der Waals surface area contributed by atoms with Crippen LogP contribution in [0.3, 0.4) is 0 Å². The summed E-state index contributed by atoms with van der Waals surface area (Å²) in [6.45, 7) is 1.98. The Morgan fingerprint density at radius 2 is 1.78 bits per heavy atom. The summed E-state index contributed by atoms with van der Waals surface area (Å²) in [6, 6.07) is 10.0. The molecule has 0 radical (unpaired) electrons. The summed E-state index contributed by atoms with van der Waals surface area (Å²) in [5.41, 5.74) is 1.08. The average molecular weight is 383 g/mol. The minimum absolute atomic E-state index is 0.0632. The van der Waals surface area contributed by atoms with Crippen molar-refractivity contribution < 1.29 is 4.79 Å². The first-order chi connectivity index (χ1) is 13.1. The zero-order valence-electron chi connectivity index (χ0n) is 15.7. The third-order valence-corrected chi connectivity index (χ3v) is 7.69. The molecule has 6 heteroatoms. The van der Waals surface area contributed by atoms with Crippen molar-refractivity contribution in [2.75, 3.05) is 0 Å². The van der Waals surface area contributed by atoms with Gasteiger partial charge < -0.3 is 5.32 Å². The maximum Gasteiger partial charge on any atom is 0.233 e. The Bertz CT molecular complexity index is 798. The molecule has 1 aromatic carbocycles. The molecule has 6 rings (SSSR count). The minimum Gasteiger partial charge on any atom is -0.350 e. The Labute approximate surface area is 164 Å². The van der Waals surface area contributed by atoms with E-state index in [1.165, 1.54) is 50.3 Å². The van der Waals surface area contributed by atoms with Gasteiger partial charge in [-0.1, -0.05) is 30.0 Å². The maximum absolute atomic E-state index is 13.0. The van der Waals surface area contributed by atoms with Gasteiger partial charge in [0.25, 0.3) is 0 Å². The molecule has 1 N–H and O–H groups in total. The highest BCUT2D eigenvalue weighted by atomic mass is 32.2. The van der Waals surface area contributed by atoms with Gasteiger partial charge >= 0.3 is 0 Å². The Morgan fingerprint density at radius 1 is 1.15 bits per heavy atom. The number of nitrogens with zero attached hydrogens (tertiary/aromatic N) is 3. The SMILES string of the molecule is CC(Sc1nncn1-c1ccccc1)C(=O)NC12CC3CC(CC(C3)C1)C2. The van der Waals surface area contributed by atoms with Crippen molar-refractivity contribution in [3.8, 4) is 5.69 Å². The third-order valence-electron chi connectivity index (χ3n) is 6.63. The molecule has 4 saturated carbocycles. The summed E-state index contributed by atoms with van der Waals surface area (Å²) < 4.78 is 1.94. The molecule has 2 aromatic rings. The zero-order chi connectivity index (χ0) is 18.4. The van der Waals surface area contributed by atoms with Crippen molar-refractivity contribution in [2.45, 2.75) is 61.4 Å². The van der Waals surface area contributed by atoms with E-state index < -0.39 is 0 Å². The number of benzene rings is 1. The maximum atomic E-state index is 13.0. The molecule has 4 aliphatic rings. The lowest BCUT2D eigenvalue weighted by Gasteiger charge is -2.57. The van der Waals surface area contributed by atoms with Gasteiger partial charge in [0, 0.05) is 11.2 Å². The normalized spacial score (nSPS) is 32.4. The Morgan fingerprint density at radius 3 is 2.41 bits per heavy atom. The van der Waals surface area contributed by atoms with Crippen LogP contribution in [0.5, 0.6) is 0 Å². The van der Waals surface area contributed by atoms with Gasteiger partial charge in [-0.15, -0.1) is 10.2 Å². The molecule has 1 unspecified atom stereocenters. The highest BCUT2D eigenvalue weighted by molar-refractivity contribution is 8.00. The van der Waals surface area contributed by atoms with E-state index in [4.69, 9.17) is 0 Å². The lowest BCUT2D eigenvalue weighted by molar-refractivity contribution is -0.126. The van der Waals surface area contributed by atoms with Crippen molar-refractivity contribution >= 4 is 17.7 Å². The summed E-state index contributed by atoms with van der Waals surface area (Å²) in [6.07, 6.45) is 9.42. The largest absolute Gasteiger partial charge is 0.350 e. The van der Waals surface area contributed by atoms with E-state index in [0.29, 0.717) is 0 Å². The first-order valence-electron chi connectivity index (χ1n) is 10.0. The fourth-order valence-corrected chi connectivity index (χ4v) is 6.75. The highest BCUT2D eigenvalue weighted by Gasteiger charge is 2.51. The molecule has 142 valence electrons. The predicted molar refractivity (Wildman–Crippen MR) is 106 cm³/mol. The monoisotopic (exact) mass is 382 g/mol. The number of rotatable bonds is 5. The molecule has 27 heavy (non-hydrogen) atoms. The Kier molecular flexibility index (Phi) is 4.26. The van der Waals surface area contributed by atoms with E-state index >= 15 is 0 Å². The van der Waals surface area contributed by atoms with Crippen LogP contribution in [-0.4, -0.2) is 31.5 Å². The fraction of sp³-hybridized carbons (Fsp3) is 0.571. The molecule has 1 heterocycles. The molecule has 4 fully saturated rings. The van der Waals surface area contributed by atoms with E-state index in [9.17, 15) is 4.79 Å². The van der Waals surface area contributed by atoms with Crippen LogP contribution in [0, 0.1) is 17.8 Å². The summed E-state index contributed by atoms with van der Waals surface area (Å²) in [7, 11) is 0. The van der Waals surface area contributed by atoms with Gasteiger partial charge in [0.2, 0.25) is 5.91 Å². The third kappa shape index (κ3) is 3.28. The second-order valence-electron chi connectivity index (χ2n) is 8.77. The number of thioether (sulfide) groups is 1. The number of hydrogen-bond acceptors (Lipinski definition) is 4. The van der Waals surface area contributed by atoms with Crippen molar-refractivity contribution in [3.05, 3.63) is 36.7 Å². The van der Waals surface area contributed by atoms with E-state index in [1.54, 1.807) is 6.33 Å². The van der Waals surface area contributed by atoms with Crippen molar-refractivity contribution in [1.82, 2.24) is 20.1 Å². The van der Waals surface area contributed by atoms with Crippen LogP contribution in [0.25, 0.3) is 5.69 Å². The van der Waals surface area contributed by atoms with E-state index in [0.717, 1.165) is 28.6 Å². The van der Waals surface area contributed by atoms with Gasteiger partial charge in [-0.2, -0.15) is 0 Å². The van der Waals surface area contributed by atoms with Gasteiger partial charge in [0.1, 0.15) is 6.33 Å². The molecule has 1 atom stereocenters. The summed E-state index contributed by atoms with van der Waals surface area (Å²) in [5.74, 6) is 2.65. The Balaban J connectivity index is 1.28. The molecule has 0 spiro atoms. The first-order valence-corrected chi connectivity index (χ1v) is 10.9. The van der Waals surface area contributed by atoms with E-state index in [-0.39, 0.29) is 16.7 Å². The van der Waals surface area contributed by atoms with Gasteiger partial charge in [0.05, 0.1) is 5.25 Å². The Hall–Kier alpha value is -1.82. The predicted octanol–water partition coefficient (Wildman–Crippen LogP) is 3.83. The number of amides is 1. The van der Waals surface area contributed by atoms with Crippen LogP contribution in [0.2, 0.25) is 0 Å². The molecule has 0 saturated heterocycles. The highest BCUT2D eigenvalue weighted by Crippen LogP contribution is 2.55. The number of carbonyl (C=O) groups excluding carboxylic acids is 1. The fourth-order valence-electron chi connectivity index (χ4n) is 5.91. The van der Waals surface area contributed by atoms with Crippen LogP contribution in [-0.2, 0) is 4.79 Å². The molecule has 0 aliphatic heterocycles. The molecule has 1 amide bonds. The lowest BCUT2D eigenvalue weighted by Crippen LogP contribution is -2.60. The standard InChI is InChI=1S/C21H26N4OS/c1-14(27-20-24-22-13-25(20)18-5-3-2-4-6-18)19(26)23-21-10-15-7-16(11-21)9-17(8-15)12-21/h2-6,13-17H,7-12H2,1H3,(H,23,26). The summed E-state index contributed by atoms with van der Waals surface area (Å²) >= 11 is 1.49.